The number of aryl methyl sites for hydroxylation is 1. The number of rotatable bonds is 8. The van der Waals surface area contributed by atoms with Crippen LogP contribution >= 0.6 is 11.3 Å². The number of carbonyl (C=O) groups is 1. The number of amides is 1. The minimum absolute atomic E-state index is 0.0216. The zero-order chi connectivity index (χ0) is 19.1. The molecule has 27 heavy (non-hydrogen) atoms. The van der Waals surface area contributed by atoms with Crippen LogP contribution in [0.4, 0.5) is 0 Å². The molecule has 5 heteroatoms. The first-order valence-electron chi connectivity index (χ1n) is 9.14. The number of hydrogen-bond acceptors (Lipinski definition) is 4. The van der Waals surface area contributed by atoms with Crippen LogP contribution in [0.5, 0.6) is 5.75 Å². The topological polar surface area (TPSA) is 51.2 Å². The number of aromatic nitrogens is 1. The summed E-state index contributed by atoms with van der Waals surface area (Å²) >= 11 is 1.64. The van der Waals surface area contributed by atoms with Gasteiger partial charge < -0.3 is 10.1 Å². The van der Waals surface area contributed by atoms with Gasteiger partial charge in [0.15, 0.2) is 0 Å². The third-order valence-electron chi connectivity index (χ3n) is 4.12. The Bertz CT molecular complexity index is 887. The lowest BCUT2D eigenvalue weighted by Crippen LogP contribution is -2.27. The van der Waals surface area contributed by atoms with Crippen molar-refractivity contribution in [2.75, 3.05) is 13.2 Å². The Morgan fingerprint density at radius 1 is 1.19 bits per heavy atom. The van der Waals surface area contributed by atoms with Crippen LogP contribution in [0.15, 0.2) is 53.9 Å². The molecule has 0 spiro atoms. The van der Waals surface area contributed by atoms with E-state index in [0.29, 0.717) is 19.6 Å². The third-order valence-corrected chi connectivity index (χ3v) is 5.06. The molecule has 2 aromatic carbocycles. The van der Waals surface area contributed by atoms with Crippen molar-refractivity contribution in [1.29, 1.82) is 0 Å². The Morgan fingerprint density at radius 2 is 2.00 bits per heavy atom. The first-order chi connectivity index (χ1) is 13.1. The fraction of sp³-hybridized carbons (Fsp3) is 0.273. The molecule has 0 atom stereocenters. The average molecular weight is 381 g/mol. The van der Waals surface area contributed by atoms with Gasteiger partial charge in [0.05, 0.1) is 18.7 Å². The van der Waals surface area contributed by atoms with E-state index < -0.39 is 0 Å². The molecule has 140 valence electrons. The molecule has 1 N–H and O–H groups in total. The summed E-state index contributed by atoms with van der Waals surface area (Å²) in [5.41, 5.74) is 4.36. The lowest BCUT2D eigenvalue weighted by molar-refractivity contribution is -0.120. The van der Waals surface area contributed by atoms with Gasteiger partial charge in [0.25, 0.3) is 0 Å². The van der Waals surface area contributed by atoms with Crippen molar-refractivity contribution < 1.29 is 9.53 Å². The van der Waals surface area contributed by atoms with Gasteiger partial charge in [-0.2, -0.15) is 0 Å². The number of benzene rings is 2. The second-order valence-electron chi connectivity index (χ2n) is 6.37. The molecule has 0 aliphatic rings. The average Bonchev–Trinajstić information content (AvgIpc) is 3.13. The van der Waals surface area contributed by atoms with Crippen molar-refractivity contribution in [2.24, 2.45) is 0 Å². The molecule has 3 rings (SSSR count). The van der Waals surface area contributed by atoms with Gasteiger partial charge in [-0.15, -0.1) is 11.3 Å². The van der Waals surface area contributed by atoms with Crippen molar-refractivity contribution in [3.05, 3.63) is 70.7 Å². The number of nitrogens with zero attached hydrogens (tertiary/aromatic N) is 1. The van der Waals surface area contributed by atoms with E-state index in [9.17, 15) is 4.79 Å². The number of ether oxygens (including phenoxy) is 1. The second-order valence-corrected chi connectivity index (χ2v) is 7.23. The lowest BCUT2D eigenvalue weighted by atomic mass is 10.1. The Hall–Kier alpha value is -2.66. The van der Waals surface area contributed by atoms with Gasteiger partial charge in [-0.3, -0.25) is 4.79 Å². The van der Waals surface area contributed by atoms with Crippen LogP contribution in [0.3, 0.4) is 0 Å². The Labute approximate surface area is 164 Å². The van der Waals surface area contributed by atoms with Crippen LogP contribution in [0.1, 0.15) is 23.7 Å². The van der Waals surface area contributed by atoms with Crippen LogP contribution < -0.4 is 10.1 Å². The Kier molecular flexibility index (Phi) is 6.60. The summed E-state index contributed by atoms with van der Waals surface area (Å²) in [5, 5.41) is 6.06. The molecule has 0 saturated carbocycles. The molecule has 4 nitrogen and oxygen atoms in total. The zero-order valence-electron chi connectivity index (χ0n) is 15.7. The fourth-order valence-corrected chi connectivity index (χ4v) is 3.63. The minimum atomic E-state index is 0.0216. The van der Waals surface area contributed by atoms with Crippen molar-refractivity contribution in [1.82, 2.24) is 10.3 Å². The molecule has 0 bridgehead atoms. The smallest absolute Gasteiger partial charge is 0.224 e. The highest BCUT2D eigenvalue weighted by Gasteiger charge is 2.07. The van der Waals surface area contributed by atoms with Gasteiger partial charge in [0.2, 0.25) is 5.91 Å². The summed E-state index contributed by atoms with van der Waals surface area (Å²) < 4.78 is 5.41. The lowest BCUT2D eigenvalue weighted by Gasteiger charge is -2.06. The van der Waals surface area contributed by atoms with Gasteiger partial charge in [-0.25, -0.2) is 4.98 Å². The maximum atomic E-state index is 12.1. The summed E-state index contributed by atoms with van der Waals surface area (Å²) in [4.78, 5) is 16.8. The molecule has 3 aromatic rings. The molecule has 0 aliphatic heterocycles. The van der Waals surface area contributed by atoms with E-state index in [1.165, 1.54) is 5.56 Å². The van der Waals surface area contributed by atoms with E-state index in [0.717, 1.165) is 34.0 Å². The van der Waals surface area contributed by atoms with E-state index in [1.807, 2.05) is 37.3 Å². The first-order valence-corrected chi connectivity index (χ1v) is 10.0. The predicted molar refractivity (Wildman–Crippen MR) is 110 cm³/mol. The fourth-order valence-electron chi connectivity index (χ4n) is 2.78. The van der Waals surface area contributed by atoms with E-state index in [2.05, 4.69) is 40.8 Å². The molecule has 1 aromatic heterocycles. The Morgan fingerprint density at radius 3 is 2.74 bits per heavy atom. The van der Waals surface area contributed by atoms with Gasteiger partial charge >= 0.3 is 0 Å². The first kappa shape index (κ1) is 19.1. The van der Waals surface area contributed by atoms with Crippen LogP contribution in [0, 0.1) is 6.92 Å². The second kappa shape index (κ2) is 9.33. The highest BCUT2D eigenvalue weighted by atomic mass is 32.1. The van der Waals surface area contributed by atoms with Crippen molar-refractivity contribution in [3.63, 3.8) is 0 Å². The van der Waals surface area contributed by atoms with Gasteiger partial charge in [-0.1, -0.05) is 35.9 Å². The van der Waals surface area contributed by atoms with Crippen LogP contribution in [-0.4, -0.2) is 24.0 Å². The monoisotopic (exact) mass is 380 g/mol. The SMILES string of the molecule is CCOc1ccc(CC(=O)NCCc2csc(-c3cccc(C)c3)n2)cc1. The van der Waals surface area contributed by atoms with E-state index >= 15 is 0 Å². The molecule has 1 heterocycles. The largest absolute Gasteiger partial charge is 0.494 e. The van der Waals surface area contributed by atoms with Crippen molar-refractivity contribution in [3.8, 4) is 16.3 Å². The molecule has 0 fully saturated rings. The maximum Gasteiger partial charge on any atom is 0.224 e. The van der Waals surface area contributed by atoms with Gasteiger partial charge in [-0.05, 0) is 37.6 Å². The predicted octanol–water partition coefficient (Wildman–Crippen LogP) is 4.42. The standard InChI is InChI=1S/C22H24N2O2S/c1-3-26-20-9-7-17(8-10-20)14-21(25)23-12-11-19-15-27-22(24-19)18-6-4-5-16(2)13-18/h4-10,13,15H,3,11-12,14H2,1-2H3,(H,23,25). The molecule has 1 amide bonds. The van der Waals surface area contributed by atoms with Crippen LogP contribution in [0.25, 0.3) is 10.6 Å². The normalized spacial score (nSPS) is 10.6. The molecule has 0 radical (unpaired) electrons. The van der Waals surface area contributed by atoms with Crippen molar-refractivity contribution >= 4 is 17.2 Å². The summed E-state index contributed by atoms with van der Waals surface area (Å²) in [6.07, 6.45) is 1.11. The Balaban J connectivity index is 1.46. The third kappa shape index (κ3) is 5.66. The van der Waals surface area contributed by atoms with E-state index in [4.69, 9.17) is 4.74 Å². The number of nitrogens with one attached hydrogen (secondary N) is 1. The summed E-state index contributed by atoms with van der Waals surface area (Å²) in [7, 11) is 0. The van der Waals surface area contributed by atoms with Gasteiger partial charge in [0, 0.05) is 23.9 Å². The summed E-state index contributed by atoms with van der Waals surface area (Å²) in [6.45, 7) is 5.26. The molecule has 0 saturated heterocycles. The summed E-state index contributed by atoms with van der Waals surface area (Å²) in [5.74, 6) is 0.850. The van der Waals surface area contributed by atoms with Crippen LogP contribution in [0.2, 0.25) is 0 Å². The minimum Gasteiger partial charge on any atom is -0.494 e. The van der Waals surface area contributed by atoms with Crippen molar-refractivity contribution in [2.45, 2.75) is 26.7 Å². The van der Waals surface area contributed by atoms with E-state index in [1.54, 1.807) is 11.3 Å². The quantitative estimate of drug-likeness (QED) is 0.629. The number of hydrogen-bond donors (Lipinski definition) is 1. The zero-order valence-corrected chi connectivity index (χ0v) is 16.5. The highest BCUT2D eigenvalue weighted by molar-refractivity contribution is 7.13. The number of thiazole rings is 1. The molecular formula is C22H24N2O2S. The number of carbonyl (C=O) groups excluding carboxylic acids is 1. The van der Waals surface area contributed by atoms with Gasteiger partial charge in [0.1, 0.15) is 10.8 Å². The van der Waals surface area contributed by atoms with Crippen LogP contribution in [-0.2, 0) is 17.6 Å². The maximum absolute atomic E-state index is 12.1. The molecular weight excluding hydrogens is 356 g/mol. The molecule has 0 unspecified atom stereocenters. The molecule has 0 aliphatic carbocycles. The highest BCUT2D eigenvalue weighted by Crippen LogP contribution is 2.24. The van der Waals surface area contributed by atoms with E-state index in [-0.39, 0.29) is 5.91 Å². The summed E-state index contributed by atoms with van der Waals surface area (Å²) in [6, 6.07) is 16.0.